The van der Waals surface area contributed by atoms with E-state index in [1.54, 1.807) is 14.1 Å². The third kappa shape index (κ3) is 7.16. The van der Waals surface area contributed by atoms with E-state index in [1.165, 1.54) is 6.07 Å². The quantitative estimate of drug-likeness (QED) is 0.423. The number of nitrogens with zero attached hydrogens (tertiary/aromatic N) is 2. The van der Waals surface area contributed by atoms with Crippen LogP contribution in [0, 0.1) is 0 Å². The van der Waals surface area contributed by atoms with Gasteiger partial charge in [0.15, 0.2) is 5.96 Å². The highest BCUT2D eigenvalue weighted by atomic mass is 79.9. The van der Waals surface area contributed by atoms with E-state index >= 15 is 0 Å². The molecule has 0 aliphatic rings. The van der Waals surface area contributed by atoms with Crippen molar-refractivity contribution in [3.63, 3.8) is 0 Å². The van der Waals surface area contributed by atoms with Crippen LogP contribution in [-0.4, -0.2) is 38.1 Å². The molecule has 5 nitrogen and oxygen atoms in total. The number of nitrogens with one attached hydrogen (secondary N) is 3. The first-order valence-electron chi connectivity index (χ1n) is 6.13. The van der Waals surface area contributed by atoms with Crippen molar-refractivity contribution in [1.29, 1.82) is 0 Å². The van der Waals surface area contributed by atoms with Crippen LogP contribution in [0.15, 0.2) is 23.3 Å². The molecule has 1 aromatic heterocycles. The molecule has 0 saturated heterocycles. The first-order chi connectivity index (χ1) is 9.47. The fourth-order valence-electron chi connectivity index (χ4n) is 1.46. The normalized spacial score (nSPS) is 11.6. The summed E-state index contributed by atoms with van der Waals surface area (Å²) in [5.74, 6) is 1.12. The molecule has 0 fully saturated rings. The Morgan fingerprint density at radius 2 is 2.00 bits per heavy atom. The number of hydrogen-bond donors (Lipinski definition) is 3. The second-order valence-electron chi connectivity index (χ2n) is 3.96. The molecule has 0 radical (unpaired) electrons. The molecule has 21 heavy (non-hydrogen) atoms. The lowest BCUT2D eigenvalue weighted by molar-refractivity contribution is -0.137. The largest absolute Gasteiger partial charge is 0.417 e. The molecule has 0 amide bonds. The van der Waals surface area contributed by atoms with Crippen LogP contribution in [-0.2, 0) is 6.18 Å². The SMILES string of the molecule is Br.CN=C(NC)NCCCNc1ccc(C(F)(F)F)cn1. The molecule has 0 spiro atoms. The van der Waals surface area contributed by atoms with E-state index in [0.29, 0.717) is 24.9 Å². The lowest BCUT2D eigenvalue weighted by atomic mass is 10.3. The van der Waals surface area contributed by atoms with Gasteiger partial charge in [-0.1, -0.05) is 0 Å². The molecule has 120 valence electrons. The summed E-state index contributed by atoms with van der Waals surface area (Å²) in [4.78, 5) is 7.67. The van der Waals surface area contributed by atoms with E-state index in [0.717, 1.165) is 18.7 Å². The second-order valence-corrected chi connectivity index (χ2v) is 3.96. The smallest absolute Gasteiger partial charge is 0.370 e. The minimum absolute atomic E-state index is 0. The zero-order valence-electron chi connectivity index (χ0n) is 11.8. The Labute approximate surface area is 132 Å². The summed E-state index contributed by atoms with van der Waals surface area (Å²) in [6, 6.07) is 2.33. The van der Waals surface area contributed by atoms with Crippen LogP contribution in [0.2, 0.25) is 0 Å². The summed E-state index contributed by atoms with van der Waals surface area (Å²) in [7, 11) is 3.43. The molecule has 0 unspecified atom stereocenters. The van der Waals surface area contributed by atoms with Crippen molar-refractivity contribution in [2.45, 2.75) is 12.6 Å². The Hall–Kier alpha value is -1.51. The fourth-order valence-corrected chi connectivity index (χ4v) is 1.46. The van der Waals surface area contributed by atoms with Gasteiger partial charge in [0, 0.05) is 33.4 Å². The van der Waals surface area contributed by atoms with Gasteiger partial charge in [-0.25, -0.2) is 4.98 Å². The number of hydrogen-bond acceptors (Lipinski definition) is 3. The highest BCUT2D eigenvalue weighted by Crippen LogP contribution is 2.28. The topological polar surface area (TPSA) is 61.3 Å². The summed E-state index contributed by atoms with van der Waals surface area (Å²) in [5.41, 5.74) is -0.748. The van der Waals surface area contributed by atoms with Crippen LogP contribution >= 0.6 is 17.0 Å². The van der Waals surface area contributed by atoms with Gasteiger partial charge in [0.05, 0.1) is 5.56 Å². The Morgan fingerprint density at radius 3 is 2.48 bits per heavy atom. The van der Waals surface area contributed by atoms with Crippen molar-refractivity contribution in [2.75, 3.05) is 32.5 Å². The van der Waals surface area contributed by atoms with Gasteiger partial charge in [-0.2, -0.15) is 13.2 Å². The van der Waals surface area contributed by atoms with Gasteiger partial charge in [0.1, 0.15) is 5.82 Å². The first kappa shape index (κ1) is 19.5. The highest BCUT2D eigenvalue weighted by molar-refractivity contribution is 8.93. The minimum Gasteiger partial charge on any atom is -0.370 e. The summed E-state index contributed by atoms with van der Waals surface area (Å²) < 4.78 is 37.0. The van der Waals surface area contributed by atoms with E-state index < -0.39 is 11.7 Å². The van der Waals surface area contributed by atoms with Crippen molar-refractivity contribution in [3.05, 3.63) is 23.9 Å². The van der Waals surface area contributed by atoms with Crippen LogP contribution in [0.1, 0.15) is 12.0 Å². The molecule has 0 aliphatic heterocycles. The number of aliphatic imine (C=N–C) groups is 1. The van der Waals surface area contributed by atoms with Crippen LogP contribution in [0.25, 0.3) is 0 Å². The number of guanidine groups is 1. The third-order valence-electron chi connectivity index (χ3n) is 2.50. The van der Waals surface area contributed by atoms with Gasteiger partial charge < -0.3 is 16.0 Å². The number of pyridine rings is 1. The van der Waals surface area contributed by atoms with E-state index in [1.807, 2.05) is 0 Å². The molecule has 0 atom stereocenters. The predicted octanol–water partition coefficient (Wildman–Crippen LogP) is 2.28. The zero-order chi connectivity index (χ0) is 15.0. The standard InChI is InChI=1S/C12H18F3N5.BrH/c1-16-11(17-2)19-7-3-6-18-10-5-4-9(8-20-10)12(13,14)15;/h4-5,8H,3,6-7H2,1-2H3,(H,18,20)(H2,16,17,19);1H. The molecule has 0 aromatic carbocycles. The Kier molecular flexibility index (Phi) is 8.75. The third-order valence-corrected chi connectivity index (χ3v) is 2.50. The van der Waals surface area contributed by atoms with E-state index in [2.05, 4.69) is 25.9 Å². The first-order valence-corrected chi connectivity index (χ1v) is 6.13. The molecule has 0 saturated carbocycles. The van der Waals surface area contributed by atoms with Crippen LogP contribution in [0.5, 0.6) is 0 Å². The van der Waals surface area contributed by atoms with Crippen LogP contribution < -0.4 is 16.0 Å². The summed E-state index contributed by atoms with van der Waals surface area (Å²) in [5, 5.41) is 8.90. The van der Waals surface area contributed by atoms with Crippen molar-refractivity contribution in [2.24, 2.45) is 4.99 Å². The van der Waals surface area contributed by atoms with Crippen molar-refractivity contribution in [1.82, 2.24) is 15.6 Å². The van der Waals surface area contributed by atoms with Crippen molar-refractivity contribution < 1.29 is 13.2 Å². The molecule has 0 bridgehead atoms. The summed E-state index contributed by atoms with van der Waals surface area (Å²) >= 11 is 0. The Bertz CT molecular complexity index is 434. The van der Waals surface area contributed by atoms with Gasteiger partial charge in [0.25, 0.3) is 0 Å². The van der Waals surface area contributed by atoms with E-state index in [-0.39, 0.29) is 17.0 Å². The number of halogens is 4. The molecule has 3 N–H and O–H groups in total. The Balaban J connectivity index is 0.00000400. The summed E-state index contributed by atoms with van der Waals surface area (Å²) in [6.45, 7) is 1.30. The lowest BCUT2D eigenvalue weighted by Gasteiger charge is -2.10. The summed E-state index contributed by atoms with van der Waals surface area (Å²) in [6.07, 6.45) is -2.74. The van der Waals surface area contributed by atoms with Gasteiger partial charge in [0.2, 0.25) is 0 Å². The zero-order valence-corrected chi connectivity index (χ0v) is 13.5. The monoisotopic (exact) mass is 369 g/mol. The highest BCUT2D eigenvalue weighted by Gasteiger charge is 2.30. The molecule has 9 heteroatoms. The maximum atomic E-state index is 12.3. The van der Waals surface area contributed by atoms with E-state index in [9.17, 15) is 13.2 Å². The molecular weight excluding hydrogens is 351 g/mol. The average molecular weight is 370 g/mol. The fraction of sp³-hybridized carbons (Fsp3) is 0.500. The van der Waals surface area contributed by atoms with E-state index in [4.69, 9.17) is 0 Å². The lowest BCUT2D eigenvalue weighted by Crippen LogP contribution is -2.35. The van der Waals surface area contributed by atoms with Gasteiger partial charge in [-0.05, 0) is 18.6 Å². The van der Waals surface area contributed by atoms with Crippen molar-refractivity contribution >= 4 is 28.8 Å². The second kappa shape index (κ2) is 9.43. The van der Waals surface area contributed by atoms with Gasteiger partial charge in [-0.15, -0.1) is 17.0 Å². The number of rotatable bonds is 5. The molecule has 1 heterocycles. The van der Waals surface area contributed by atoms with Crippen LogP contribution in [0.4, 0.5) is 19.0 Å². The molecule has 1 aromatic rings. The molecular formula is C12H19BrF3N5. The number of aromatic nitrogens is 1. The van der Waals surface area contributed by atoms with Crippen molar-refractivity contribution in [3.8, 4) is 0 Å². The van der Waals surface area contributed by atoms with Gasteiger partial charge >= 0.3 is 6.18 Å². The number of alkyl halides is 3. The van der Waals surface area contributed by atoms with Crippen LogP contribution in [0.3, 0.4) is 0 Å². The maximum Gasteiger partial charge on any atom is 0.417 e. The Morgan fingerprint density at radius 1 is 1.29 bits per heavy atom. The van der Waals surface area contributed by atoms with Gasteiger partial charge in [-0.3, -0.25) is 4.99 Å². The minimum atomic E-state index is -4.35. The maximum absolute atomic E-state index is 12.3. The molecule has 1 rings (SSSR count). The number of anilines is 1. The predicted molar refractivity (Wildman–Crippen MR) is 83.1 cm³/mol. The average Bonchev–Trinajstić information content (AvgIpc) is 2.42. The molecule has 0 aliphatic carbocycles.